The first kappa shape index (κ1) is 18.7. The second-order valence-corrected chi connectivity index (χ2v) is 5.60. The fourth-order valence-corrected chi connectivity index (χ4v) is 2.18. The van der Waals surface area contributed by atoms with Gasteiger partial charge in [0.15, 0.2) is 0 Å². The third-order valence-corrected chi connectivity index (χ3v) is 3.14. The van der Waals surface area contributed by atoms with E-state index in [0.29, 0.717) is 19.4 Å². The van der Waals surface area contributed by atoms with Crippen molar-refractivity contribution in [2.24, 2.45) is 17.6 Å². The first-order valence-electron chi connectivity index (χ1n) is 7.35. The van der Waals surface area contributed by atoms with Gasteiger partial charge in [-0.25, -0.2) is 4.79 Å². The quantitative estimate of drug-likeness (QED) is 0.481. The van der Waals surface area contributed by atoms with Gasteiger partial charge in [-0.15, -0.1) is 0 Å². The van der Waals surface area contributed by atoms with Crippen LogP contribution in [0.2, 0.25) is 0 Å². The van der Waals surface area contributed by atoms with Crippen LogP contribution in [-0.2, 0) is 4.79 Å². The summed E-state index contributed by atoms with van der Waals surface area (Å²) in [5.41, 5.74) is 5.10. The summed E-state index contributed by atoms with van der Waals surface area (Å²) >= 11 is 0. The molecule has 0 aromatic heterocycles. The summed E-state index contributed by atoms with van der Waals surface area (Å²) < 4.78 is 0. The lowest BCUT2D eigenvalue weighted by Crippen LogP contribution is -2.50. The summed E-state index contributed by atoms with van der Waals surface area (Å²) in [6, 6.07) is -1.28. The van der Waals surface area contributed by atoms with Gasteiger partial charge in [0.05, 0.1) is 0 Å². The first-order chi connectivity index (χ1) is 9.40. The molecule has 0 aromatic rings. The molecule has 0 aliphatic rings. The minimum absolute atomic E-state index is 0.121. The number of nitrogens with one attached hydrogen (secondary N) is 2. The van der Waals surface area contributed by atoms with E-state index in [2.05, 4.69) is 17.6 Å². The third-order valence-electron chi connectivity index (χ3n) is 3.14. The van der Waals surface area contributed by atoms with Crippen molar-refractivity contribution >= 4 is 11.9 Å². The lowest BCUT2D eigenvalue weighted by Gasteiger charge is -2.21. The molecule has 0 saturated heterocycles. The Morgan fingerprint density at radius 2 is 1.90 bits per heavy atom. The van der Waals surface area contributed by atoms with Crippen molar-refractivity contribution in [1.29, 1.82) is 0 Å². The average Bonchev–Trinajstić information content (AvgIpc) is 2.34. The molecule has 6 heteroatoms. The van der Waals surface area contributed by atoms with Gasteiger partial charge in [0.1, 0.15) is 6.04 Å². The van der Waals surface area contributed by atoms with Crippen molar-refractivity contribution in [1.82, 2.24) is 10.6 Å². The Hall–Kier alpha value is -1.30. The number of nitrogens with two attached hydrogens (primary N) is 1. The van der Waals surface area contributed by atoms with Crippen LogP contribution in [0.25, 0.3) is 0 Å². The molecule has 3 amide bonds. The molecule has 0 spiro atoms. The predicted octanol–water partition coefficient (Wildman–Crippen LogP) is 0.984. The second-order valence-electron chi connectivity index (χ2n) is 5.60. The summed E-state index contributed by atoms with van der Waals surface area (Å²) in [4.78, 5) is 23.0. The van der Waals surface area contributed by atoms with Gasteiger partial charge in [0.25, 0.3) is 0 Å². The number of carbonyl (C=O) groups excluding carboxylic acids is 2. The standard InChI is InChI=1S/C14H29N3O3/c1-4-5-11(6-7-18)9-16-13(19)12(8-10(2)3)17-14(15)20/h10-12,18H,4-9H2,1-3H3,(H,16,19)(H3,15,17,20). The number of amides is 3. The lowest BCUT2D eigenvalue weighted by molar-refractivity contribution is -0.123. The van der Waals surface area contributed by atoms with E-state index in [9.17, 15) is 9.59 Å². The fraction of sp³-hybridized carbons (Fsp3) is 0.857. The molecule has 0 rings (SSSR count). The van der Waals surface area contributed by atoms with Crippen LogP contribution in [0.3, 0.4) is 0 Å². The molecule has 2 atom stereocenters. The molecule has 6 nitrogen and oxygen atoms in total. The summed E-state index contributed by atoms with van der Waals surface area (Å²) in [5, 5.41) is 14.3. The number of aliphatic hydroxyl groups excluding tert-OH is 1. The molecule has 0 radical (unpaired) electrons. The van der Waals surface area contributed by atoms with Crippen LogP contribution in [0.4, 0.5) is 4.79 Å². The highest BCUT2D eigenvalue weighted by atomic mass is 16.3. The van der Waals surface area contributed by atoms with Crippen LogP contribution in [0.5, 0.6) is 0 Å². The third kappa shape index (κ3) is 8.74. The van der Waals surface area contributed by atoms with Gasteiger partial charge in [0, 0.05) is 13.2 Å². The van der Waals surface area contributed by atoms with Crippen LogP contribution in [0.15, 0.2) is 0 Å². The zero-order valence-electron chi connectivity index (χ0n) is 12.8. The molecule has 5 N–H and O–H groups in total. The van der Waals surface area contributed by atoms with E-state index in [1.54, 1.807) is 0 Å². The van der Waals surface area contributed by atoms with Gasteiger partial charge in [0.2, 0.25) is 5.91 Å². The molecule has 0 aliphatic heterocycles. The lowest BCUT2D eigenvalue weighted by atomic mass is 9.99. The van der Waals surface area contributed by atoms with Crippen molar-refractivity contribution in [3.8, 4) is 0 Å². The van der Waals surface area contributed by atoms with Gasteiger partial charge in [-0.1, -0.05) is 27.2 Å². The first-order valence-corrected chi connectivity index (χ1v) is 7.35. The zero-order valence-corrected chi connectivity index (χ0v) is 12.8. The van der Waals surface area contributed by atoms with E-state index in [1.807, 2.05) is 13.8 Å². The molecule has 0 heterocycles. The molecule has 118 valence electrons. The summed E-state index contributed by atoms with van der Waals surface area (Å²) in [6.45, 7) is 6.67. The van der Waals surface area contributed by atoms with Crippen molar-refractivity contribution in [3.63, 3.8) is 0 Å². The second kappa shape index (κ2) is 10.5. The minimum Gasteiger partial charge on any atom is -0.396 e. The Bertz CT molecular complexity index is 289. The van der Waals surface area contributed by atoms with Crippen molar-refractivity contribution in [2.75, 3.05) is 13.2 Å². The van der Waals surface area contributed by atoms with Crippen LogP contribution in [0, 0.1) is 11.8 Å². The number of aliphatic hydroxyl groups is 1. The maximum atomic E-state index is 12.1. The van der Waals surface area contributed by atoms with Crippen molar-refractivity contribution < 1.29 is 14.7 Å². The molecule has 2 unspecified atom stereocenters. The van der Waals surface area contributed by atoms with Crippen molar-refractivity contribution in [3.05, 3.63) is 0 Å². The Kier molecular flexibility index (Phi) is 9.80. The molecule has 0 aliphatic carbocycles. The molecule has 0 fully saturated rings. The number of hydrogen-bond acceptors (Lipinski definition) is 3. The molecule has 20 heavy (non-hydrogen) atoms. The van der Waals surface area contributed by atoms with Crippen LogP contribution in [-0.4, -0.2) is 36.2 Å². The number of carbonyl (C=O) groups is 2. The number of primary amides is 1. The molecular formula is C14H29N3O3. The van der Waals surface area contributed by atoms with E-state index in [0.717, 1.165) is 12.8 Å². The fourth-order valence-electron chi connectivity index (χ4n) is 2.18. The Balaban J connectivity index is 4.38. The highest BCUT2D eigenvalue weighted by Gasteiger charge is 2.21. The van der Waals surface area contributed by atoms with Gasteiger partial charge in [-0.05, 0) is 31.1 Å². The molecule has 0 saturated carbocycles. The number of rotatable bonds is 10. The number of urea groups is 1. The van der Waals surface area contributed by atoms with Crippen molar-refractivity contribution in [2.45, 2.75) is 52.5 Å². The smallest absolute Gasteiger partial charge is 0.312 e. The van der Waals surface area contributed by atoms with E-state index in [1.165, 1.54) is 0 Å². The minimum atomic E-state index is -0.689. The topological polar surface area (TPSA) is 104 Å². The summed E-state index contributed by atoms with van der Waals surface area (Å²) in [7, 11) is 0. The average molecular weight is 287 g/mol. The normalized spacial score (nSPS) is 13.8. The number of hydrogen-bond donors (Lipinski definition) is 4. The Labute approximate surface area is 121 Å². The van der Waals surface area contributed by atoms with Gasteiger partial charge < -0.3 is 21.5 Å². The van der Waals surface area contributed by atoms with Gasteiger partial charge in [-0.3, -0.25) is 4.79 Å². The molecule has 0 bridgehead atoms. The maximum Gasteiger partial charge on any atom is 0.312 e. The van der Waals surface area contributed by atoms with E-state index < -0.39 is 12.1 Å². The Morgan fingerprint density at radius 1 is 1.25 bits per heavy atom. The highest BCUT2D eigenvalue weighted by Crippen LogP contribution is 2.10. The predicted molar refractivity (Wildman–Crippen MR) is 79.1 cm³/mol. The summed E-state index contributed by atoms with van der Waals surface area (Å²) in [6.07, 6.45) is 3.19. The van der Waals surface area contributed by atoms with E-state index >= 15 is 0 Å². The largest absolute Gasteiger partial charge is 0.396 e. The zero-order chi connectivity index (χ0) is 15.5. The molecule has 0 aromatic carbocycles. The summed E-state index contributed by atoms with van der Waals surface area (Å²) in [5.74, 6) is 0.334. The van der Waals surface area contributed by atoms with E-state index in [4.69, 9.17) is 10.8 Å². The van der Waals surface area contributed by atoms with Gasteiger partial charge in [-0.2, -0.15) is 0 Å². The Morgan fingerprint density at radius 3 is 2.35 bits per heavy atom. The van der Waals surface area contributed by atoms with Gasteiger partial charge >= 0.3 is 6.03 Å². The van der Waals surface area contributed by atoms with Crippen LogP contribution < -0.4 is 16.4 Å². The maximum absolute atomic E-state index is 12.1. The van der Waals surface area contributed by atoms with Crippen LogP contribution >= 0.6 is 0 Å². The molecular weight excluding hydrogens is 258 g/mol. The highest BCUT2D eigenvalue weighted by molar-refractivity contribution is 5.86. The van der Waals surface area contributed by atoms with Crippen LogP contribution in [0.1, 0.15) is 46.5 Å². The SMILES string of the molecule is CCCC(CCO)CNC(=O)C(CC(C)C)NC(N)=O. The van der Waals surface area contributed by atoms with E-state index in [-0.39, 0.29) is 24.3 Å². The monoisotopic (exact) mass is 287 g/mol.